The molecule has 1 aromatic rings. The molecule has 0 saturated carbocycles. The minimum Gasteiger partial charge on any atom is -0.469 e. The molecule has 0 fully saturated rings. The summed E-state index contributed by atoms with van der Waals surface area (Å²) >= 11 is 3.08. The number of hydrogen-bond donors (Lipinski definition) is 1. The number of rotatable bonds is 2. The molecule has 0 amide bonds. The van der Waals surface area contributed by atoms with Crippen LogP contribution in [0.3, 0.4) is 0 Å². The highest BCUT2D eigenvalue weighted by molar-refractivity contribution is 9.10. The van der Waals surface area contributed by atoms with Gasteiger partial charge in [0, 0.05) is 10.0 Å². The average molecular weight is 262 g/mol. The molecule has 0 saturated heterocycles. The highest BCUT2D eigenvalue weighted by Crippen LogP contribution is 2.25. The molecule has 0 radical (unpaired) electrons. The lowest BCUT2D eigenvalue weighted by Crippen LogP contribution is -2.07. The molecule has 0 aliphatic rings. The highest BCUT2D eigenvalue weighted by Gasteiger charge is 2.12. The zero-order chi connectivity index (χ0) is 10.7. The maximum Gasteiger partial charge on any atom is 0.310 e. The lowest BCUT2D eigenvalue weighted by atomic mass is 10.1. The first-order valence-electron chi connectivity index (χ1n) is 3.85. The number of nitrogens with two attached hydrogens (primary N) is 1. The van der Waals surface area contributed by atoms with Crippen molar-refractivity contribution in [1.29, 1.82) is 0 Å². The Bertz CT molecular complexity index is 368. The van der Waals surface area contributed by atoms with Crippen molar-refractivity contribution in [1.82, 2.24) is 0 Å². The highest BCUT2D eigenvalue weighted by atomic mass is 79.9. The van der Waals surface area contributed by atoms with E-state index in [9.17, 15) is 9.18 Å². The van der Waals surface area contributed by atoms with Gasteiger partial charge in [-0.3, -0.25) is 4.79 Å². The molecule has 0 unspecified atom stereocenters. The van der Waals surface area contributed by atoms with Gasteiger partial charge >= 0.3 is 5.97 Å². The van der Waals surface area contributed by atoms with Gasteiger partial charge in [-0.2, -0.15) is 0 Å². The van der Waals surface area contributed by atoms with E-state index in [-0.39, 0.29) is 17.7 Å². The Hall–Kier alpha value is -1.10. The third-order valence-electron chi connectivity index (χ3n) is 1.77. The molecule has 0 atom stereocenters. The summed E-state index contributed by atoms with van der Waals surface area (Å²) in [7, 11) is 1.25. The number of ether oxygens (including phenoxy) is 1. The van der Waals surface area contributed by atoms with Crippen LogP contribution in [-0.2, 0) is 16.0 Å². The van der Waals surface area contributed by atoms with E-state index in [1.54, 1.807) is 6.07 Å². The van der Waals surface area contributed by atoms with E-state index in [4.69, 9.17) is 5.73 Å². The molecule has 0 aromatic heterocycles. The third kappa shape index (κ3) is 2.23. The average Bonchev–Trinajstić information content (AvgIpc) is 2.19. The second-order valence-electron chi connectivity index (χ2n) is 2.69. The Morgan fingerprint density at radius 2 is 2.29 bits per heavy atom. The number of hydrogen-bond acceptors (Lipinski definition) is 3. The first-order valence-corrected chi connectivity index (χ1v) is 4.64. The smallest absolute Gasteiger partial charge is 0.310 e. The molecule has 0 aliphatic heterocycles. The fourth-order valence-corrected chi connectivity index (χ4v) is 1.28. The van der Waals surface area contributed by atoms with Gasteiger partial charge in [-0.25, -0.2) is 4.39 Å². The summed E-state index contributed by atoms with van der Waals surface area (Å²) in [5, 5.41) is 0. The van der Waals surface area contributed by atoms with Gasteiger partial charge in [-0.05, 0) is 22.0 Å². The minimum absolute atomic E-state index is 0.00593. The van der Waals surface area contributed by atoms with Crippen LogP contribution in [0.5, 0.6) is 0 Å². The van der Waals surface area contributed by atoms with Crippen molar-refractivity contribution in [2.45, 2.75) is 6.42 Å². The second kappa shape index (κ2) is 4.41. The van der Waals surface area contributed by atoms with Gasteiger partial charge in [0.1, 0.15) is 0 Å². The summed E-state index contributed by atoms with van der Waals surface area (Å²) in [6.45, 7) is 0. The van der Waals surface area contributed by atoms with E-state index < -0.39 is 11.8 Å². The van der Waals surface area contributed by atoms with Gasteiger partial charge in [0.15, 0.2) is 5.82 Å². The van der Waals surface area contributed by atoms with E-state index in [0.717, 1.165) is 0 Å². The number of carbonyl (C=O) groups is 1. The number of methoxy groups -OCH3 is 1. The number of nitrogen functional groups attached to an aromatic ring is 1. The molecule has 1 rings (SSSR count). The van der Waals surface area contributed by atoms with Crippen LogP contribution in [0.25, 0.3) is 0 Å². The molecule has 0 spiro atoms. The monoisotopic (exact) mass is 261 g/mol. The van der Waals surface area contributed by atoms with Gasteiger partial charge in [-0.15, -0.1) is 0 Å². The zero-order valence-corrected chi connectivity index (χ0v) is 9.10. The predicted molar refractivity (Wildman–Crippen MR) is 54.2 cm³/mol. The number of halogens is 2. The summed E-state index contributed by atoms with van der Waals surface area (Å²) < 4.78 is 18.3. The van der Waals surface area contributed by atoms with Crippen LogP contribution in [0.1, 0.15) is 5.56 Å². The van der Waals surface area contributed by atoms with Gasteiger partial charge in [-0.1, -0.05) is 6.07 Å². The van der Waals surface area contributed by atoms with E-state index >= 15 is 0 Å². The Kier molecular flexibility index (Phi) is 3.46. The molecule has 3 nitrogen and oxygen atoms in total. The van der Waals surface area contributed by atoms with Crippen LogP contribution in [0, 0.1) is 5.82 Å². The first kappa shape index (κ1) is 11.0. The van der Waals surface area contributed by atoms with Gasteiger partial charge in [0.2, 0.25) is 0 Å². The third-order valence-corrected chi connectivity index (χ3v) is 2.46. The van der Waals surface area contributed by atoms with E-state index in [0.29, 0.717) is 4.47 Å². The van der Waals surface area contributed by atoms with Gasteiger partial charge in [0.25, 0.3) is 0 Å². The Balaban J connectivity index is 3.00. The van der Waals surface area contributed by atoms with Crippen molar-refractivity contribution >= 4 is 27.6 Å². The molecular formula is C9H9BrFNO2. The van der Waals surface area contributed by atoms with Crippen molar-refractivity contribution in [3.05, 3.63) is 28.0 Å². The van der Waals surface area contributed by atoms with E-state index in [1.165, 1.54) is 13.2 Å². The Morgan fingerprint density at radius 3 is 2.86 bits per heavy atom. The Morgan fingerprint density at radius 1 is 1.64 bits per heavy atom. The molecule has 5 heteroatoms. The maximum absolute atomic E-state index is 13.4. The summed E-state index contributed by atoms with van der Waals surface area (Å²) in [6.07, 6.45) is -0.111. The standard InChI is InChI=1S/C9H9BrFNO2/c1-14-7(13)4-5-2-3-6(10)9(12)8(5)11/h2-3H,4,12H2,1H3. The quantitative estimate of drug-likeness (QED) is 0.654. The van der Waals surface area contributed by atoms with Crippen LogP contribution in [0.2, 0.25) is 0 Å². The molecule has 0 aliphatic carbocycles. The number of anilines is 1. The molecular weight excluding hydrogens is 253 g/mol. The minimum atomic E-state index is -0.579. The van der Waals surface area contributed by atoms with Gasteiger partial charge < -0.3 is 10.5 Å². The normalized spacial score (nSPS) is 9.93. The summed E-state index contributed by atoms with van der Waals surface area (Å²) in [5.41, 5.74) is 5.67. The van der Waals surface area contributed by atoms with Crippen molar-refractivity contribution in [2.24, 2.45) is 0 Å². The van der Waals surface area contributed by atoms with Crippen molar-refractivity contribution in [3.63, 3.8) is 0 Å². The van der Waals surface area contributed by atoms with Crippen LogP contribution in [-0.4, -0.2) is 13.1 Å². The van der Waals surface area contributed by atoms with E-state index in [1.807, 2.05) is 0 Å². The SMILES string of the molecule is COC(=O)Cc1ccc(Br)c(N)c1F. The fourth-order valence-electron chi connectivity index (χ4n) is 0.979. The first-order chi connectivity index (χ1) is 6.56. The zero-order valence-electron chi connectivity index (χ0n) is 7.51. The van der Waals surface area contributed by atoms with Crippen molar-refractivity contribution < 1.29 is 13.9 Å². The maximum atomic E-state index is 13.4. The van der Waals surface area contributed by atoms with Crippen LogP contribution in [0.15, 0.2) is 16.6 Å². The lowest BCUT2D eigenvalue weighted by molar-refractivity contribution is -0.139. The number of benzene rings is 1. The second-order valence-corrected chi connectivity index (χ2v) is 3.54. The van der Waals surface area contributed by atoms with E-state index in [2.05, 4.69) is 20.7 Å². The van der Waals surface area contributed by atoms with Crippen LogP contribution in [0.4, 0.5) is 10.1 Å². The predicted octanol–water partition coefficient (Wildman–Crippen LogP) is 1.89. The molecule has 0 bridgehead atoms. The Labute approximate surface area is 89.2 Å². The number of esters is 1. The van der Waals surface area contributed by atoms with Crippen LogP contribution >= 0.6 is 15.9 Å². The molecule has 2 N–H and O–H groups in total. The van der Waals surface area contributed by atoms with Crippen molar-refractivity contribution in [3.8, 4) is 0 Å². The number of carbonyl (C=O) groups excluding carboxylic acids is 1. The molecule has 1 aromatic carbocycles. The van der Waals surface area contributed by atoms with Crippen LogP contribution < -0.4 is 5.73 Å². The summed E-state index contributed by atoms with van der Waals surface area (Å²) in [6, 6.07) is 3.09. The lowest BCUT2D eigenvalue weighted by Gasteiger charge is -2.05. The molecule has 0 heterocycles. The topological polar surface area (TPSA) is 52.3 Å². The summed E-state index contributed by atoms with van der Waals surface area (Å²) in [5.74, 6) is -1.07. The largest absolute Gasteiger partial charge is 0.469 e. The van der Waals surface area contributed by atoms with Crippen molar-refractivity contribution in [2.75, 3.05) is 12.8 Å². The molecule has 76 valence electrons. The molecule has 14 heavy (non-hydrogen) atoms. The van der Waals surface area contributed by atoms with Gasteiger partial charge in [0.05, 0.1) is 19.2 Å². The fraction of sp³-hybridized carbons (Fsp3) is 0.222. The summed E-state index contributed by atoms with van der Waals surface area (Å²) in [4.78, 5) is 10.9.